The molecule has 6 N–H and O–H groups in total. The van der Waals surface area contributed by atoms with Crippen LogP contribution in [0, 0.1) is 0 Å². The van der Waals surface area contributed by atoms with Crippen LogP contribution >= 0.6 is 0 Å². The molecule has 18 heavy (non-hydrogen) atoms. The van der Waals surface area contributed by atoms with Crippen LogP contribution in [0.3, 0.4) is 0 Å². The zero-order chi connectivity index (χ0) is 13.7. The topological polar surface area (TPSA) is 127 Å². The lowest BCUT2D eigenvalue weighted by atomic mass is 10.0. The van der Waals surface area contributed by atoms with Crippen LogP contribution in [0.2, 0.25) is 0 Å². The second-order valence-electron chi connectivity index (χ2n) is 4.11. The molecule has 2 atom stereocenters. The number of carboxylic acid groups (broad SMARTS) is 2. The average molecular weight is 252 g/mol. The van der Waals surface area contributed by atoms with Crippen LogP contribution in [0.1, 0.15) is 11.1 Å². The van der Waals surface area contributed by atoms with Gasteiger partial charge >= 0.3 is 11.9 Å². The lowest BCUT2D eigenvalue weighted by Gasteiger charge is -2.09. The summed E-state index contributed by atoms with van der Waals surface area (Å²) in [5.41, 5.74) is 12.4. The van der Waals surface area contributed by atoms with E-state index in [9.17, 15) is 9.59 Å². The van der Waals surface area contributed by atoms with Crippen LogP contribution in [-0.2, 0) is 22.4 Å². The Morgan fingerprint density at radius 1 is 0.889 bits per heavy atom. The van der Waals surface area contributed by atoms with Gasteiger partial charge in [-0.15, -0.1) is 0 Å². The minimum absolute atomic E-state index is 0.237. The fourth-order valence-electron chi connectivity index (χ4n) is 1.49. The summed E-state index contributed by atoms with van der Waals surface area (Å²) < 4.78 is 0. The molecule has 0 saturated carbocycles. The van der Waals surface area contributed by atoms with Gasteiger partial charge in [-0.1, -0.05) is 24.3 Å². The Kier molecular flexibility index (Phi) is 4.82. The van der Waals surface area contributed by atoms with Crippen molar-refractivity contribution in [3.05, 3.63) is 35.4 Å². The third-order valence-corrected chi connectivity index (χ3v) is 2.57. The molecule has 0 aromatic heterocycles. The fourth-order valence-corrected chi connectivity index (χ4v) is 1.49. The van der Waals surface area contributed by atoms with Crippen molar-refractivity contribution in [1.29, 1.82) is 0 Å². The van der Waals surface area contributed by atoms with Gasteiger partial charge in [-0.3, -0.25) is 9.59 Å². The maximum atomic E-state index is 10.6. The molecule has 1 rings (SSSR count). The van der Waals surface area contributed by atoms with E-state index in [4.69, 9.17) is 21.7 Å². The Morgan fingerprint density at radius 2 is 1.17 bits per heavy atom. The molecule has 0 aliphatic carbocycles. The molecule has 0 fully saturated rings. The molecule has 0 aliphatic heterocycles. The van der Waals surface area contributed by atoms with Gasteiger partial charge < -0.3 is 21.7 Å². The second kappa shape index (κ2) is 6.13. The lowest BCUT2D eigenvalue weighted by Crippen LogP contribution is -2.32. The van der Waals surface area contributed by atoms with E-state index >= 15 is 0 Å². The largest absolute Gasteiger partial charge is 0.480 e. The van der Waals surface area contributed by atoms with Crippen LogP contribution in [-0.4, -0.2) is 34.2 Å². The number of aliphatic carboxylic acids is 2. The number of rotatable bonds is 6. The minimum atomic E-state index is -1.05. The monoisotopic (exact) mass is 252 g/mol. The van der Waals surface area contributed by atoms with Crippen LogP contribution < -0.4 is 11.5 Å². The molecule has 0 bridgehead atoms. The van der Waals surface area contributed by atoms with Gasteiger partial charge in [0.1, 0.15) is 12.1 Å². The molecule has 0 saturated heterocycles. The summed E-state index contributed by atoms with van der Waals surface area (Å²) in [6, 6.07) is 5.05. The van der Waals surface area contributed by atoms with Gasteiger partial charge in [0.05, 0.1) is 0 Å². The van der Waals surface area contributed by atoms with E-state index < -0.39 is 24.0 Å². The summed E-state index contributed by atoms with van der Waals surface area (Å²) in [6.45, 7) is 0. The number of carboxylic acids is 2. The number of carbonyl (C=O) groups is 2. The average Bonchev–Trinajstić information content (AvgIpc) is 2.31. The quantitative estimate of drug-likeness (QED) is 0.545. The predicted octanol–water partition coefficient (Wildman–Crippen LogP) is -0.405. The zero-order valence-electron chi connectivity index (χ0n) is 9.74. The van der Waals surface area contributed by atoms with Crippen LogP contribution in [0.25, 0.3) is 0 Å². The third kappa shape index (κ3) is 4.15. The molecular formula is C12H16N2O4. The van der Waals surface area contributed by atoms with E-state index in [1.165, 1.54) is 0 Å². The van der Waals surface area contributed by atoms with E-state index in [-0.39, 0.29) is 12.8 Å². The van der Waals surface area contributed by atoms with Gasteiger partial charge in [0.15, 0.2) is 0 Å². The molecule has 0 aliphatic rings. The van der Waals surface area contributed by atoms with Crippen molar-refractivity contribution >= 4 is 11.9 Å². The van der Waals surface area contributed by atoms with Crippen LogP contribution in [0.5, 0.6) is 0 Å². The first-order chi connectivity index (χ1) is 8.40. The SMILES string of the molecule is N[C@@H](Cc1ccc(C[C@H](N)C(=O)O)cc1)C(=O)O. The van der Waals surface area contributed by atoms with E-state index in [1.54, 1.807) is 24.3 Å². The first-order valence-electron chi connectivity index (χ1n) is 5.44. The van der Waals surface area contributed by atoms with Crippen molar-refractivity contribution in [2.75, 3.05) is 0 Å². The highest BCUT2D eigenvalue weighted by Gasteiger charge is 2.13. The molecule has 0 spiro atoms. The fraction of sp³-hybridized carbons (Fsp3) is 0.333. The summed E-state index contributed by atoms with van der Waals surface area (Å²) in [4.78, 5) is 21.2. The summed E-state index contributed by atoms with van der Waals surface area (Å²) in [7, 11) is 0. The van der Waals surface area contributed by atoms with Crippen molar-refractivity contribution in [2.24, 2.45) is 11.5 Å². The van der Waals surface area contributed by atoms with Crippen molar-refractivity contribution in [2.45, 2.75) is 24.9 Å². The van der Waals surface area contributed by atoms with E-state index in [1.807, 2.05) is 0 Å². The van der Waals surface area contributed by atoms with Gasteiger partial charge in [0, 0.05) is 0 Å². The Labute approximate surface area is 104 Å². The Balaban J connectivity index is 2.63. The van der Waals surface area contributed by atoms with Crippen LogP contribution in [0.4, 0.5) is 0 Å². The number of hydrogen-bond acceptors (Lipinski definition) is 4. The zero-order valence-corrected chi connectivity index (χ0v) is 9.74. The maximum Gasteiger partial charge on any atom is 0.320 e. The Bertz CT molecular complexity index is 389. The number of hydrogen-bond donors (Lipinski definition) is 4. The van der Waals surface area contributed by atoms with Gasteiger partial charge in [-0.2, -0.15) is 0 Å². The Morgan fingerprint density at radius 3 is 1.39 bits per heavy atom. The summed E-state index contributed by atoms with van der Waals surface area (Å²) in [5.74, 6) is -2.10. The predicted molar refractivity (Wildman–Crippen MR) is 65.1 cm³/mol. The molecule has 98 valence electrons. The molecular weight excluding hydrogens is 236 g/mol. The van der Waals surface area contributed by atoms with E-state index in [2.05, 4.69) is 0 Å². The van der Waals surface area contributed by atoms with Gasteiger partial charge in [0.2, 0.25) is 0 Å². The summed E-state index contributed by atoms with van der Waals surface area (Å²) in [5, 5.41) is 17.3. The lowest BCUT2D eigenvalue weighted by molar-refractivity contribution is -0.139. The normalized spacial score (nSPS) is 13.9. The van der Waals surface area contributed by atoms with Gasteiger partial charge in [-0.25, -0.2) is 0 Å². The molecule has 6 heteroatoms. The minimum Gasteiger partial charge on any atom is -0.480 e. The smallest absolute Gasteiger partial charge is 0.320 e. The van der Waals surface area contributed by atoms with Gasteiger partial charge in [0.25, 0.3) is 0 Å². The van der Waals surface area contributed by atoms with Crippen LogP contribution in [0.15, 0.2) is 24.3 Å². The highest BCUT2D eigenvalue weighted by molar-refractivity contribution is 5.74. The molecule has 0 amide bonds. The van der Waals surface area contributed by atoms with Crippen molar-refractivity contribution in [1.82, 2.24) is 0 Å². The molecule has 0 unspecified atom stereocenters. The molecule has 6 nitrogen and oxygen atoms in total. The third-order valence-electron chi connectivity index (χ3n) is 2.57. The molecule has 0 heterocycles. The van der Waals surface area contributed by atoms with E-state index in [0.29, 0.717) is 0 Å². The molecule has 1 aromatic rings. The maximum absolute atomic E-state index is 10.6. The van der Waals surface area contributed by atoms with Crippen molar-refractivity contribution < 1.29 is 19.8 Å². The first kappa shape index (κ1) is 14.1. The number of nitrogens with two attached hydrogens (primary N) is 2. The standard InChI is InChI=1S/C12H16N2O4/c13-9(11(15)16)5-7-1-2-8(4-3-7)6-10(14)12(17)18/h1-4,9-10H,5-6,13-14H2,(H,15,16)(H,17,18)/t9-,10-/m0/s1. The second-order valence-corrected chi connectivity index (χ2v) is 4.11. The van der Waals surface area contributed by atoms with Crippen molar-refractivity contribution in [3.8, 4) is 0 Å². The highest BCUT2D eigenvalue weighted by Crippen LogP contribution is 2.08. The highest BCUT2D eigenvalue weighted by atomic mass is 16.4. The van der Waals surface area contributed by atoms with Gasteiger partial charge in [-0.05, 0) is 24.0 Å². The number of benzene rings is 1. The van der Waals surface area contributed by atoms with E-state index in [0.717, 1.165) is 11.1 Å². The Hall–Kier alpha value is -1.92. The summed E-state index contributed by atoms with van der Waals surface area (Å²) >= 11 is 0. The molecule has 0 radical (unpaired) electrons. The first-order valence-corrected chi connectivity index (χ1v) is 5.44. The van der Waals surface area contributed by atoms with Crippen molar-refractivity contribution in [3.63, 3.8) is 0 Å². The molecule has 1 aromatic carbocycles. The summed E-state index contributed by atoms with van der Waals surface area (Å²) in [6.07, 6.45) is 0.473.